The first-order valence-corrected chi connectivity index (χ1v) is 6.37. The Morgan fingerprint density at radius 1 is 1.33 bits per heavy atom. The van der Waals surface area contributed by atoms with Crippen molar-refractivity contribution in [2.24, 2.45) is 4.36 Å². The van der Waals surface area contributed by atoms with E-state index in [0.717, 1.165) is 4.90 Å². The Balaban J connectivity index is 2.49. The molecule has 15 heavy (non-hydrogen) atoms. The normalized spacial score (nSPS) is 14.5. The van der Waals surface area contributed by atoms with Crippen LogP contribution in [0.25, 0.3) is 0 Å². The topological polar surface area (TPSA) is 58.1 Å². The predicted octanol–water partition coefficient (Wildman–Crippen LogP) is 2.20. The maximum Gasteiger partial charge on any atom is 0.111 e. The Bertz CT molecular complexity index is 539. The summed E-state index contributed by atoms with van der Waals surface area (Å²) in [6, 6.07) is 9.21. The molecular weight excluding hydrogens is 210 g/mol. The fourth-order valence-electron chi connectivity index (χ4n) is 1.22. The molecule has 2 aromatic rings. The molecular formula is C10H11N3OS. The van der Waals surface area contributed by atoms with Gasteiger partial charge in [-0.15, -0.1) is 0 Å². The summed E-state index contributed by atoms with van der Waals surface area (Å²) in [5.41, 5.74) is 0.603. The summed E-state index contributed by atoms with van der Waals surface area (Å²) in [7, 11) is -2.37. The zero-order chi connectivity index (χ0) is 10.7. The Morgan fingerprint density at radius 2 is 2.07 bits per heavy atom. The standard InChI is InChI=1S/C10H11N3OS/c1-15(14,10-5-3-2-4-6-10)13-9-7-11-12-8-9/h2-8H,1H3,(H,11,12). The highest BCUT2D eigenvalue weighted by molar-refractivity contribution is 7.93. The Kier molecular flexibility index (Phi) is 2.55. The molecule has 1 aromatic carbocycles. The number of H-pyrrole nitrogens is 1. The number of hydrogen-bond acceptors (Lipinski definition) is 3. The van der Waals surface area contributed by atoms with Gasteiger partial charge in [0, 0.05) is 17.3 Å². The summed E-state index contributed by atoms with van der Waals surface area (Å²) >= 11 is 0. The highest BCUT2D eigenvalue weighted by Gasteiger charge is 2.05. The van der Waals surface area contributed by atoms with Gasteiger partial charge in [0.05, 0.1) is 15.9 Å². The second kappa shape index (κ2) is 3.86. The molecule has 2 rings (SSSR count). The van der Waals surface area contributed by atoms with Crippen molar-refractivity contribution < 1.29 is 4.21 Å². The highest BCUT2D eigenvalue weighted by atomic mass is 32.2. The zero-order valence-electron chi connectivity index (χ0n) is 8.25. The Labute approximate surface area is 88.5 Å². The number of aromatic nitrogens is 2. The molecule has 0 radical (unpaired) electrons. The second-order valence-corrected chi connectivity index (χ2v) is 5.42. The Morgan fingerprint density at radius 3 is 2.67 bits per heavy atom. The van der Waals surface area contributed by atoms with E-state index < -0.39 is 9.73 Å². The molecule has 0 aliphatic heterocycles. The summed E-state index contributed by atoms with van der Waals surface area (Å²) in [4.78, 5) is 0.728. The molecule has 0 amide bonds. The second-order valence-electron chi connectivity index (χ2n) is 3.16. The lowest BCUT2D eigenvalue weighted by Gasteiger charge is -2.02. The molecule has 1 N–H and O–H groups in total. The monoisotopic (exact) mass is 221 g/mol. The van der Waals surface area contributed by atoms with Gasteiger partial charge < -0.3 is 0 Å². The first-order valence-electron chi connectivity index (χ1n) is 4.44. The van der Waals surface area contributed by atoms with Gasteiger partial charge in [0.1, 0.15) is 5.69 Å². The fraction of sp³-hybridized carbons (Fsp3) is 0.100. The number of nitrogens with one attached hydrogen (secondary N) is 1. The van der Waals surface area contributed by atoms with Gasteiger partial charge in [0.15, 0.2) is 0 Å². The van der Waals surface area contributed by atoms with Crippen molar-refractivity contribution >= 4 is 15.4 Å². The Hall–Kier alpha value is -1.62. The van der Waals surface area contributed by atoms with E-state index in [4.69, 9.17) is 0 Å². The van der Waals surface area contributed by atoms with Crippen LogP contribution in [0.1, 0.15) is 0 Å². The maximum atomic E-state index is 12.2. The maximum absolute atomic E-state index is 12.2. The first kappa shape index (κ1) is 9.92. The number of benzene rings is 1. The zero-order valence-corrected chi connectivity index (χ0v) is 9.07. The molecule has 0 saturated carbocycles. The fourth-order valence-corrected chi connectivity index (χ4v) is 2.49. The van der Waals surface area contributed by atoms with E-state index in [9.17, 15) is 4.21 Å². The van der Waals surface area contributed by atoms with Crippen LogP contribution in [-0.4, -0.2) is 20.7 Å². The van der Waals surface area contributed by atoms with Gasteiger partial charge in [0.2, 0.25) is 0 Å². The van der Waals surface area contributed by atoms with Gasteiger partial charge in [-0.05, 0) is 12.1 Å². The lowest BCUT2D eigenvalue weighted by molar-refractivity contribution is 0.681. The molecule has 0 fully saturated rings. The predicted molar refractivity (Wildman–Crippen MR) is 59.5 cm³/mol. The molecule has 0 bridgehead atoms. The van der Waals surface area contributed by atoms with E-state index in [1.165, 1.54) is 0 Å². The van der Waals surface area contributed by atoms with Crippen molar-refractivity contribution in [2.75, 3.05) is 6.26 Å². The van der Waals surface area contributed by atoms with Crippen molar-refractivity contribution in [3.63, 3.8) is 0 Å². The third-order valence-electron chi connectivity index (χ3n) is 1.94. The van der Waals surface area contributed by atoms with E-state index in [-0.39, 0.29) is 0 Å². The van der Waals surface area contributed by atoms with Crippen LogP contribution in [0, 0.1) is 0 Å². The molecule has 78 valence electrons. The summed E-state index contributed by atoms with van der Waals surface area (Å²) in [6.07, 6.45) is 4.79. The van der Waals surface area contributed by atoms with Crippen molar-refractivity contribution in [2.45, 2.75) is 4.90 Å². The quantitative estimate of drug-likeness (QED) is 0.845. The summed E-state index contributed by atoms with van der Waals surface area (Å²) < 4.78 is 16.4. The van der Waals surface area contributed by atoms with E-state index in [0.29, 0.717) is 5.69 Å². The largest absolute Gasteiger partial charge is 0.283 e. The van der Waals surface area contributed by atoms with Crippen LogP contribution in [0.4, 0.5) is 5.69 Å². The highest BCUT2D eigenvalue weighted by Crippen LogP contribution is 2.17. The van der Waals surface area contributed by atoms with E-state index in [1.54, 1.807) is 18.6 Å². The van der Waals surface area contributed by atoms with Crippen LogP contribution >= 0.6 is 0 Å². The lowest BCUT2D eigenvalue weighted by Crippen LogP contribution is -1.95. The average molecular weight is 221 g/mol. The van der Waals surface area contributed by atoms with Gasteiger partial charge in [-0.1, -0.05) is 18.2 Å². The minimum atomic E-state index is -2.37. The minimum absolute atomic E-state index is 0.603. The molecule has 5 heteroatoms. The number of rotatable bonds is 2. The van der Waals surface area contributed by atoms with Gasteiger partial charge >= 0.3 is 0 Å². The molecule has 0 aliphatic rings. The van der Waals surface area contributed by atoms with Crippen LogP contribution in [0.15, 0.2) is 52.0 Å². The van der Waals surface area contributed by atoms with Crippen molar-refractivity contribution in [1.82, 2.24) is 10.2 Å². The molecule has 0 spiro atoms. The molecule has 1 aromatic heterocycles. The van der Waals surface area contributed by atoms with Crippen LogP contribution in [-0.2, 0) is 9.73 Å². The first-order chi connectivity index (χ1) is 7.18. The van der Waals surface area contributed by atoms with Crippen LogP contribution in [0.3, 0.4) is 0 Å². The van der Waals surface area contributed by atoms with Crippen molar-refractivity contribution in [1.29, 1.82) is 0 Å². The van der Waals surface area contributed by atoms with Crippen molar-refractivity contribution in [3.05, 3.63) is 42.7 Å². The minimum Gasteiger partial charge on any atom is -0.283 e. The van der Waals surface area contributed by atoms with E-state index in [2.05, 4.69) is 14.6 Å². The molecule has 1 heterocycles. The van der Waals surface area contributed by atoms with Crippen LogP contribution < -0.4 is 0 Å². The summed E-state index contributed by atoms with van der Waals surface area (Å²) in [5.74, 6) is 0. The average Bonchev–Trinajstić information content (AvgIpc) is 2.71. The lowest BCUT2D eigenvalue weighted by atomic mass is 10.4. The van der Waals surface area contributed by atoms with Crippen LogP contribution in [0.2, 0.25) is 0 Å². The number of hydrogen-bond donors (Lipinski definition) is 1. The van der Waals surface area contributed by atoms with Crippen LogP contribution in [0.5, 0.6) is 0 Å². The van der Waals surface area contributed by atoms with Gasteiger partial charge in [0.25, 0.3) is 0 Å². The molecule has 1 unspecified atom stereocenters. The summed E-state index contributed by atoms with van der Waals surface area (Å²) in [6.45, 7) is 0. The SMILES string of the molecule is CS(=O)(=Nc1cn[nH]c1)c1ccccc1. The smallest absolute Gasteiger partial charge is 0.111 e. The van der Waals surface area contributed by atoms with E-state index >= 15 is 0 Å². The van der Waals surface area contributed by atoms with E-state index in [1.807, 2.05) is 30.3 Å². The number of nitrogens with zero attached hydrogens (tertiary/aromatic N) is 2. The molecule has 4 nitrogen and oxygen atoms in total. The number of aromatic amines is 1. The van der Waals surface area contributed by atoms with Gasteiger partial charge in [-0.2, -0.15) is 9.46 Å². The molecule has 0 saturated heterocycles. The van der Waals surface area contributed by atoms with Gasteiger partial charge in [-0.25, -0.2) is 4.21 Å². The summed E-state index contributed by atoms with van der Waals surface area (Å²) in [5, 5.41) is 6.39. The molecule has 0 aliphatic carbocycles. The molecule has 1 atom stereocenters. The third-order valence-corrected chi connectivity index (χ3v) is 3.65. The van der Waals surface area contributed by atoms with Gasteiger partial charge in [-0.3, -0.25) is 5.10 Å². The third kappa shape index (κ3) is 2.24. The van der Waals surface area contributed by atoms with Crippen molar-refractivity contribution in [3.8, 4) is 0 Å².